The van der Waals surface area contributed by atoms with Crippen LogP contribution in [0.25, 0.3) is 10.9 Å². The van der Waals surface area contributed by atoms with Crippen LogP contribution in [0.1, 0.15) is 6.42 Å². The number of nitrogens with one attached hydrogen (secondary N) is 1. The molecule has 1 N–H and O–H groups in total. The van der Waals surface area contributed by atoms with Crippen LogP contribution in [0.2, 0.25) is 0 Å². The highest BCUT2D eigenvalue weighted by molar-refractivity contribution is 6.06. The van der Waals surface area contributed by atoms with E-state index in [4.69, 9.17) is 4.74 Å². The summed E-state index contributed by atoms with van der Waals surface area (Å²) in [5.74, 6) is 0.183. The predicted molar refractivity (Wildman–Crippen MR) is 105 cm³/mol. The molecule has 1 aliphatic rings. The molecule has 6 heteroatoms. The van der Waals surface area contributed by atoms with Crippen LogP contribution in [0.3, 0.4) is 0 Å². The van der Waals surface area contributed by atoms with E-state index in [9.17, 15) is 9.59 Å². The number of anilines is 2. The standard InChI is InChI=1S/C21H21N3O3/c1-23-11-10-17-18(4-3-5-19(17)23)22-21(26)14-12-20(25)24(13-14)15-6-8-16(27-2)9-7-15/h3-11,14H,12-13H2,1-2H3,(H,22,26)/t14-/m1/s1. The Morgan fingerprint density at radius 1 is 1.15 bits per heavy atom. The monoisotopic (exact) mass is 363 g/mol. The van der Waals surface area contributed by atoms with Crippen LogP contribution in [0, 0.1) is 5.92 Å². The van der Waals surface area contributed by atoms with Crippen molar-refractivity contribution in [3.05, 3.63) is 54.7 Å². The lowest BCUT2D eigenvalue weighted by Crippen LogP contribution is -2.28. The number of carbonyl (C=O) groups excluding carboxylic acids is 2. The molecule has 0 unspecified atom stereocenters. The van der Waals surface area contributed by atoms with Gasteiger partial charge in [-0.25, -0.2) is 0 Å². The minimum atomic E-state index is -0.376. The van der Waals surface area contributed by atoms with Crippen LogP contribution in [-0.4, -0.2) is 30.0 Å². The van der Waals surface area contributed by atoms with Crippen molar-refractivity contribution >= 4 is 34.1 Å². The highest BCUT2D eigenvalue weighted by Crippen LogP contribution is 2.29. The average Bonchev–Trinajstić information content (AvgIpc) is 3.26. The van der Waals surface area contributed by atoms with Gasteiger partial charge in [-0.15, -0.1) is 0 Å². The molecule has 2 heterocycles. The number of carbonyl (C=O) groups is 2. The van der Waals surface area contributed by atoms with E-state index in [1.165, 1.54) is 0 Å². The van der Waals surface area contributed by atoms with Gasteiger partial charge in [-0.1, -0.05) is 6.07 Å². The van der Waals surface area contributed by atoms with Crippen LogP contribution in [-0.2, 0) is 16.6 Å². The van der Waals surface area contributed by atoms with Crippen molar-refractivity contribution in [2.75, 3.05) is 23.9 Å². The molecule has 2 aromatic carbocycles. The van der Waals surface area contributed by atoms with Crippen LogP contribution in [0.15, 0.2) is 54.7 Å². The maximum atomic E-state index is 12.8. The lowest BCUT2D eigenvalue weighted by Gasteiger charge is -2.17. The minimum absolute atomic E-state index is 0.0433. The van der Waals surface area contributed by atoms with E-state index < -0.39 is 0 Å². The largest absolute Gasteiger partial charge is 0.497 e. The number of ether oxygens (including phenoxy) is 1. The second kappa shape index (κ2) is 6.79. The molecule has 3 aromatic rings. The Morgan fingerprint density at radius 2 is 1.93 bits per heavy atom. The van der Waals surface area contributed by atoms with Gasteiger partial charge in [0, 0.05) is 42.8 Å². The zero-order valence-electron chi connectivity index (χ0n) is 15.3. The lowest BCUT2D eigenvalue weighted by molar-refractivity contribution is -0.122. The Kier molecular flexibility index (Phi) is 4.32. The van der Waals surface area contributed by atoms with E-state index in [-0.39, 0.29) is 24.2 Å². The molecule has 138 valence electrons. The fourth-order valence-corrected chi connectivity index (χ4v) is 3.54. The number of amides is 2. The molecule has 27 heavy (non-hydrogen) atoms. The number of benzene rings is 2. The van der Waals surface area contributed by atoms with Crippen LogP contribution in [0.4, 0.5) is 11.4 Å². The molecule has 1 fully saturated rings. The van der Waals surface area contributed by atoms with Gasteiger partial charge in [0.1, 0.15) is 5.75 Å². The highest BCUT2D eigenvalue weighted by Gasteiger charge is 2.35. The van der Waals surface area contributed by atoms with E-state index in [2.05, 4.69) is 5.32 Å². The van der Waals surface area contributed by atoms with Crippen molar-refractivity contribution in [2.45, 2.75) is 6.42 Å². The summed E-state index contributed by atoms with van der Waals surface area (Å²) in [6.07, 6.45) is 2.17. The van der Waals surface area contributed by atoms with E-state index in [1.54, 1.807) is 12.0 Å². The zero-order chi connectivity index (χ0) is 19.0. The molecule has 4 rings (SSSR count). The third-order valence-corrected chi connectivity index (χ3v) is 5.07. The number of aromatic nitrogens is 1. The number of methoxy groups -OCH3 is 1. The fourth-order valence-electron chi connectivity index (χ4n) is 3.54. The van der Waals surface area contributed by atoms with E-state index in [0.29, 0.717) is 6.54 Å². The Labute approximate surface area is 157 Å². The number of nitrogens with zero attached hydrogens (tertiary/aromatic N) is 2. The van der Waals surface area contributed by atoms with Crippen molar-refractivity contribution in [3.63, 3.8) is 0 Å². The van der Waals surface area contributed by atoms with Gasteiger partial charge >= 0.3 is 0 Å². The first-order valence-electron chi connectivity index (χ1n) is 8.86. The molecule has 2 amide bonds. The second-order valence-corrected chi connectivity index (χ2v) is 6.76. The first kappa shape index (κ1) is 17.1. The van der Waals surface area contributed by atoms with Gasteiger partial charge in [-0.3, -0.25) is 9.59 Å². The summed E-state index contributed by atoms with van der Waals surface area (Å²) in [4.78, 5) is 26.9. The Morgan fingerprint density at radius 3 is 2.67 bits per heavy atom. The van der Waals surface area contributed by atoms with Crippen molar-refractivity contribution < 1.29 is 14.3 Å². The van der Waals surface area contributed by atoms with Crippen molar-refractivity contribution in [1.29, 1.82) is 0 Å². The number of fused-ring (bicyclic) bond motifs is 1. The number of aryl methyl sites for hydroxylation is 1. The lowest BCUT2D eigenvalue weighted by atomic mass is 10.1. The third-order valence-electron chi connectivity index (χ3n) is 5.07. The SMILES string of the molecule is COc1ccc(N2C[C@H](C(=O)Nc3cccc4c3ccn4C)CC2=O)cc1. The summed E-state index contributed by atoms with van der Waals surface area (Å²) in [6.45, 7) is 0.377. The first-order chi connectivity index (χ1) is 13.1. The van der Waals surface area contributed by atoms with Crippen LogP contribution < -0.4 is 15.0 Å². The number of hydrogen-bond acceptors (Lipinski definition) is 3. The molecular formula is C21H21N3O3. The molecule has 1 saturated heterocycles. The third kappa shape index (κ3) is 3.14. The van der Waals surface area contributed by atoms with Gasteiger partial charge in [-0.2, -0.15) is 0 Å². The summed E-state index contributed by atoms with van der Waals surface area (Å²) in [7, 11) is 3.57. The second-order valence-electron chi connectivity index (χ2n) is 6.76. The van der Waals surface area contributed by atoms with E-state index in [0.717, 1.165) is 28.0 Å². The maximum Gasteiger partial charge on any atom is 0.229 e. The van der Waals surface area contributed by atoms with Crippen molar-refractivity contribution in [1.82, 2.24) is 4.57 Å². The fraction of sp³-hybridized carbons (Fsp3) is 0.238. The molecular weight excluding hydrogens is 342 g/mol. The van der Waals surface area contributed by atoms with Crippen molar-refractivity contribution in [2.24, 2.45) is 13.0 Å². The Balaban J connectivity index is 1.50. The predicted octanol–water partition coefficient (Wildman–Crippen LogP) is 3.18. The average molecular weight is 363 g/mol. The molecule has 0 bridgehead atoms. The quantitative estimate of drug-likeness (QED) is 0.774. The summed E-state index contributed by atoms with van der Waals surface area (Å²) in [6, 6.07) is 15.1. The molecule has 0 radical (unpaired) electrons. The van der Waals surface area contributed by atoms with Crippen molar-refractivity contribution in [3.8, 4) is 5.75 Å². The number of rotatable bonds is 4. The molecule has 6 nitrogen and oxygen atoms in total. The molecule has 1 aromatic heterocycles. The maximum absolute atomic E-state index is 12.8. The molecule has 0 saturated carbocycles. The molecule has 1 atom stereocenters. The Bertz CT molecular complexity index is 1010. The zero-order valence-corrected chi connectivity index (χ0v) is 15.3. The molecule has 0 spiro atoms. The van der Waals surface area contributed by atoms with Gasteiger partial charge in [0.15, 0.2) is 0 Å². The smallest absolute Gasteiger partial charge is 0.229 e. The molecule has 0 aliphatic carbocycles. The summed E-state index contributed by atoms with van der Waals surface area (Å²) >= 11 is 0. The van der Waals surface area contributed by atoms with Gasteiger partial charge < -0.3 is 19.5 Å². The summed E-state index contributed by atoms with van der Waals surface area (Å²) in [5.41, 5.74) is 2.60. The van der Waals surface area contributed by atoms with Gasteiger partial charge in [0.25, 0.3) is 0 Å². The minimum Gasteiger partial charge on any atom is -0.497 e. The summed E-state index contributed by atoms with van der Waals surface area (Å²) in [5, 5.41) is 3.99. The van der Waals surface area contributed by atoms with Crippen LogP contribution in [0.5, 0.6) is 5.75 Å². The Hall–Kier alpha value is -3.28. The van der Waals surface area contributed by atoms with E-state index >= 15 is 0 Å². The molecule has 1 aliphatic heterocycles. The van der Waals surface area contributed by atoms with E-state index in [1.807, 2.05) is 66.3 Å². The topological polar surface area (TPSA) is 63.6 Å². The normalized spacial score (nSPS) is 16.7. The van der Waals surface area contributed by atoms with Gasteiger partial charge in [-0.05, 0) is 42.5 Å². The van der Waals surface area contributed by atoms with Crippen LogP contribution >= 0.6 is 0 Å². The highest BCUT2D eigenvalue weighted by atomic mass is 16.5. The van der Waals surface area contributed by atoms with Gasteiger partial charge in [0.2, 0.25) is 11.8 Å². The number of hydrogen-bond donors (Lipinski definition) is 1. The summed E-state index contributed by atoms with van der Waals surface area (Å²) < 4.78 is 7.16. The first-order valence-corrected chi connectivity index (χ1v) is 8.86. The van der Waals surface area contributed by atoms with Gasteiger partial charge in [0.05, 0.1) is 18.7 Å².